The molecule has 1 aromatic carbocycles. The molecule has 0 spiro atoms. The molecule has 0 saturated carbocycles. The molecule has 0 fully saturated rings. The Morgan fingerprint density at radius 1 is 1.19 bits per heavy atom. The van der Waals surface area contributed by atoms with Crippen molar-refractivity contribution < 1.29 is 4.74 Å². The van der Waals surface area contributed by atoms with Gasteiger partial charge in [-0.15, -0.1) is 0 Å². The van der Waals surface area contributed by atoms with E-state index in [0.717, 1.165) is 25.7 Å². The highest BCUT2D eigenvalue weighted by molar-refractivity contribution is 5.30. The molecule has 0 N–H and O–H groups in total. The summed E-state index contributed by atoms with van der Waals surface area (Å²) in [6.07, 6.45) is 7.14. The van der Waals surface area contributed by atoms with Crippen molar-refractivity contribution in [2.45, 2.75) is 51.2 Å². The van der Waals surface area contributed by atoms with Gasteiger partial charge in [0.15, 0.2) is 0 Å². The van der Waals surface area contributed by atoms with Crippen LogP contribution in [-0.4, -0.2) is 37.7 Å². The van der Waals surface area contributed by atoms with Gasteiger partial charge in [0.2, 0.25) is 0 Å². The van der Waals surface area contributed by atoms with E-state index >= 15 is 0 Å². The van der Waals surface area contributed by atoms with E-state index in [1.807, 2.05) is 7.11 Å². The Hall–Kier alpha value is -1.12. The van der Waals surface area contributed by atoms with E-state index in [2.05, 4.69) is 63.2 Å². The molecular weight excluding hydrogens is 258 g/mol. The fourth-order valence-corrected chi connectivity index (χ4v) is 3.36. The lowest BCUT2D eigenvalue weighted by molar-refractivity contribution is 0.0116. The molecule has 0 aromatic heterocycles. The lowest BCUT2D eigenvalue weighted by Crippen LogP contribution is -2.47. The first-order valence-electron chi connectivity index (χ1n) is 7.98. The van der Waals surface area contributed by atoms with Gasteiger partial charge in [-0.1, -0.05) is 42.8 Å². The van der Waals surface area contributed by atoms with Gasteiger partial charge in [0.1, 0.15) is 0 Å². The number of rotatable bonds is 6. The first-order valence-corrected chi connectivity index (χ1v) is 7.98. The lowest BCUT2D eigenvalue weighted by atomic mass is 9.97. The van der Waals surface area contributed by atoms with Gasteiger partial charge in [-0.2, -0.15) is 0 Å². The van der Waals surface area contributed by atoms with E-state index in [1.165, 1.54) is 16.7 Å². The maximum atomic E-state index is 5.72. The van der Waals surface area contributed by atoms with Gasteiger partial charge in [-0.25, -0.2) is 0 Å². The van der Waals surface area contributed by atoms with Crippen molar-refractivity contribution in [3.05, 3.63) is 47.0 Å². The summed E-state index contributed by atoms with van der Waals surface area (Å²) >= 11 is 0. The van der Waals surface area contributed by atoms with Gasteiger partial charge < -0.3 is 4.74 Å². The first-order chi connectivity index (χ1) is 10.0. The Morgan fingerprint density at radius 2 is 1.86 bits per heavy atom. The van der Waals surface area contributed by atoms with Gasteiger partial charge in [-0.3, -0.25) is 4.90 Å². The summed E-state index contributed by atoms with van der Waals surface area (Å²) in [5.41, 5.74) is 4.53. The summed E-state index contributed by atoms with van der Waals surface area (Å²) < 4.78 is 5.72. The summed E-state index contributed by atoms with van der Waals surface area (Å²) in [4.78, 5) is 2.27. The van der Waals surface area contributed by atoms with Gasteiger partial charge in [0, 0.05) is 7.11 Å². The minimum atomic E-state index is 0.0222. The number of nitrogens with zero attached hydrogens (tertiary/aromatic N) is 1. The lowest BCUT2D eigenvalue weighted by Gasteiger charge is -2.36. The number of benzene rings is 1. The number of hydrogen-bond acceptors (Lipinski definition) is 2. The molecule has 0 aliphatic heterocycles. The third-order valence-corrected chi connectivity index (χ3v) is 5.06. The molecule has 1 unspecified atom stereocenters. The third kappa shape index (κ3) is 3.38. The minimum Gasteiger partial charge on any atom is -0.379 e. The summed E-state index contributed by atoms with van der Waals surface area (Å²) in [5.74, 6) is 0. The molecule has 1 aliphatic carbocycles. The monoisotopic (exact) mass is 287 g/mol. The van der Waals surface area contributed by atoms with Gasteiger partial charge in [0.25, 0.3) is 0 Å². The molecule has 1 aromatic rings. The van der Waals surface area contributed by atoms with Crippen LogP contribution in [0.15, 0.2) is 35.9 Å². The minimum absolute atomic E-state index is 0.0222. The SMILES string of the molecule is CCc1ccccc1CCC1=CC(C)(N(C)C)[C@H](OC)C1. The second-order valence-electron chi connectivity index (χ2n) is 6.47. The van der Waals surface area contributed by atoms with Crippen molar-refractivity contribution in [3.63, 3.8) is 0 Å². The number of ether oxygens (including phenoxy) is 1. The maximum Gasteiger partial charge on any atom is 0.0824 e. The standard InChI is InChI=1S/C19H29NO/c1-6-16-9-7-8-10-17(16)12-11-15-13-18(21-5)19(2,14-15)20(3)4/h7-10,14,18H,6,11-13H2,1-5H3/t18-,19?/m1/s1. The second-order valence-corrected chi connectivity index (χ2v) is 6.47. The van der Waals surface area contributed by atoms with Crippen LogP contribution in [0.4, 0.5) is 0 Å². The number of hydrogen-bond donors (Lipinski definition) is 0. The van der Waals surface area contributed by atoms with Crippen LogP contribution in [0.3, 0.4) is 0 Å². The van der Waals surface area contributed by atoms with E-state index in [0.29, 0.717) is 0 Å². The van der Waals surface area contributed by atoms with E-state index in [-0.39, 0.29) is 11.6 Å². The quantitative estimate of drug-likeness (QED) is 0.737. The van der Waals surface area contributed by atoms with Crippen LogP contribution in [0.25, 0.3) is 0 Å². The summed E-state index contributed by atoms with van der Waals surface area (Å²) in [6, 6.07) is 8.81. The van der Waals surface area contributed by atoms with Crippen LogP contribution in [0.2, 0.25) is 0 Å². The zero-order chi connectivity index (χ0) is 15.5. The highest BCUT2D eigenvalue weighted by Crippen LogP contribution is 2.36. The Balaban J connectivity index is 2.07. The van der Waals surface area contributed by atoms with Crippen molar-refractivity contribution in [3.8, 4) is 0 Å². The van der Waals surface area contributed by atoms with Crippen LogP contribution >= 0.6 is 0 Å². The molecule has 2 heteroatoms. The molecular formula is C19H29NO. The summed E-state index contributed by atoms with van der Waals surface area (Å²) in [7, 11) is 6.10. The molecule has 0 saturated heterocycles. The van der Waals surface area contributed by atoms with Gasteiger partial charge in [-0.05, 0) is 57.8 Å². The fraction of sp³-hybridized carbons (Fsp3) is 0.579. The van der Waals surface area contributed by atoms with Gasteiger partial charge in [0.05, 0.1) is 11.6 Å². The van der Waals surface area contributed by atoms with E-state index in [1.54, 1.807) is 0 Å². The summed E-state index contributed by atoms with van der Waals surface area (Å²) in [6.45, 7) is 4.51. The molecule has 2 atom stereocenters. The average molecular weight is 287 g/mol. The highest BCUT2D eigenvalue weighted by atomic mass is 16.5. The Bertz CT molecular complexity index is 506. The van der Waals surface area contributed by atoms with E-state index in [4.69, 9.17) is 4.74 Å². The van der Waals surface area contributed by atoms with Crippen LogP contribution in [-0.2, 0) is 17.6 Å². The van der Waals surface area contributed by atoms with E-state index in [9.17, 15) is 0 Å². The van der Waals surface area contributed by atoms with Crippen LogP contribution < -0.4 is 0 Å². The second kappa shape index (κ2) is 6.76. The molecule has 0 bridgehead atoms. The normalized spacial score (nSPS) is 25.4. The van der Waals surface area contributed by atoms with Crippen LogP contribution in [0.5, 0.6) is 0 Å². The topological polar surface area (TPSA) is 12.5 Å². The maximum absolute atomic E-state index is 5.72. The zero-order valence-electron chi connectivity index (χ0n) is 14.1. The zero-order valence-corrected chi connectivity index (χ0v) is 14.1. The molecule has 1 aliphatic rings. The average Bonchev–Trinajstić information content (AvgIpc) is 2.83. The molecule has 0 radical (unpaired) electrons. The molecule has 0 amide bonds. The number of likely N-dealkylation sites (N-methyl/N-ethyl adjacent to an activating group) is 1. The molecule has 2 rings (SSSR count). The van der Waals surface area contributed by atoms with Crippen molar-refractivity contribution in [2.24, 2.45) is 0 Å². The molecule has 0 heterocycles. The van der Waals surface area contributed by atoms with Crippen molar-refractivity contribution in [1.29, 1.82) is 0 Å². The Morgan fingerprint density at radius 3 is 2.38 bits per heavy atom. The smallest absolute Gasteiger partial charge is 0.0824 e. The fourth-order valence-electron chi connectivity index (χ4n) is 3.36. The van der Waals surface area contributed by atoms with Crippen LogP contribution in [0, 0.1) is 0 Å². The predicted octanol–water partition coefficient (Wildman–Crippen LogP) is 3.85. The Labute approximate surface area is 129 Å². The molecule has 21 heavy (non-hydrogen) atoms. The van der Waals surface area contributed by atoms with Crippen molar-refractivity contribution >= 4 is 0 Å². The van der Waals surface area contributed by atoms with E-state index < -0.39 is 0 Å². The largest absolute Gasteiger partial charge is 0.379 e. The van der Waals surface area contributed by atoms with Gasteiger partial charge >= 0.3 is 0 Å². The predicted molar refractivity (Wildman–Crippen MR) is 89.7 cm³/mol. The molecule has 116 valence electrons. The number of methoxy groups -OCH3 is 1. The number of aryl methyl sites for hydroxylation is 2. The first kappa shape index (κ1) is 16.3. The Kier molecular flexibility index (Phi) is 5.23. The summed E-state index contributed by atoms with van der Waals surface area (Å²) in [5, 5.41) is 0. The van der Waals surface area contributed by atoms with Crippen LogP contribution in [0.1, 0.15) is 37.8 Å². The third-order valence-electron chi connectivity index (χ3n) is 5.06. The highest BCUT2D eigenvalue weighted by Gasteiger charge is 2.40. The van der Waals surface area contributed by atoms with Crippen molar-refractivity contribution in [2.75, 3.05) is 21.2 Å². The molecule has 2 nitrogen and oxygen atoms in total. The van der Waals surface area contributed by atoms with Crippen molar-refractivity contribution in [1.82, 2.24) is 4.90 Å².